The van der Waals surface area contributed by atoms with Crippen molar-refractivity contribution in [1.29, 1.82) is 0 Å². The zero-order valence-electron chi connectivity index (χ0n) is 13.6. The van der Waals surface area contributed by atoms with E-state index in [-0.39, 0.29) is 11.7 Å². The predicted molar refractivity (Wildman–Crippen MR) is 94.0 cm³/mol. The van der Waals surface area contributed by atoms with E-state index < -0.39 is 0 Å². The van der Waals surface area contributed by atoms with Gasteiger partial charge in [-0.2, -0.15) is 0 Å². The van der Waals surface area contributed by atoms with E-state index in [1.807, 2.05) is 42.5 Å². The standard InChI is InChI=1S/C20H22N2O2/c23-19(14-21-12-15-6-7-15)17-10-8-16(9-11-17)13-22-20(24)18-4-2-1-3-5-18/h1-5,8-11,15,21H,6-7,12-14H2,(H,22,24). The number of rotatable bonds is 8. The lowest BCUT2D eigenvalue weighted by Gasteiger charge is -2.07. The normalized spacial score (nSPS) is 13.5. The highest BCUT2D eigenvalue weighted by Gasteiger charge is 2.20. The molecular formula is C20H22N2O2. The average Bonchev–Trinajstić information content (AvgIpc) is 3.45. The van der Waals surface area contributed by atoms with Gasteiger partial charge in [-0.3, -0.25) is 9.59 Å². The molecule has 0 aliphatic heterocycles. The summed E-state index contributed by atoms with van der Waals surface area (Å²) in [5.41, 5.74) is 2.32. The summed E-state index contributed by atoms with van der Waals surface area (Å²) in [5, 5.41) is 6.09. The first-order chi connectivity index (χ1) is 11.7. The molecule has 24 heavy (non-hydrogen) atoms. The Morgan fingerprint density at radius 2 is 1.62 bits per heavy atom. The summed E-state index contributed by atoms with van der Waals surface area (Å²) in [6.45, 7) is 1.78. The highest BCUT2D eigenvalue weighted by molar-refractivity contribution is 5.97. The molecular weight excluding hydrogens is 300 g/mol. The lowest BCUT2D eigenvalue weighted by molar-refractivity contribution is 0.0949. The van der Waals surface area contributed by atoms with Gasteiger partial charge in [0, 0.05) is 17.7 Å². The van der Waals surface area contributed by atoms with Gasteiger partial charge < -0.3 is 10.6 Å². The molecule has 2 aromatic rings. The van der Waals surface area contributed by atoms with Crippen molar-refractivity contribution in [2.24, 2.45) is 5.92 Å². The van der Waals surface area contributed by atoms with E-state index in [2.05, 4.69) is 10.6 Å². The number of benzene rings is 2. The SMILES string of the molecule is O=C(CNCC1CC1)c1ccc(CNC(=O)c2ccccc2)cc1. The first-order valence-corrected chi connectivity index (χ1v) is 8.38. The minimum absolute atomic E-state index is 0.0972. The molecule has 0 saturated heterocycles. The number of ketones is 1. The van der Waals surface area contributed by atoms with Gasteiger partial charge in [0.05, 0.1) is 6.54 Å². The molecule has 1 saturated carbocycles. The Labute approximate surface area is 142 Å². The van der Waals surface area contributed by atoms with Crippen molar-refractivity contribution in [2.75, 3.05) is 13.1 Å². The lowest BCUT2D eigenvalue weighted by atomic mass is 10.1. The molecule has 0 aromatic heterocycles. The maximum absolute atomic E-state index is 12.1. The first-order valence-electron chi connectivity index (χ1n) is 8.38. The van der Waals surface area contributed by atoms with E-state index in [1.165, 1.54) is 12.8 Å². The molecule has 0 radical (unpaired) electrons. The molecule has 0 heterocycles. The molecule has 124 valence electrons. The number of nitrogens with one attached hydrogen (secondary N) is 2. The average molecular weight is 322 g/mol. The van der Waals surface area contributed by atoms with Crippen LogP contribution in [0.25, 0.3) is 0 Å². The summed E-state index contributed by atoms with van der Waals surface area (Å²) in [6.07, 6.45) is 2.56. The van der Waals surface area contributed by atoms with Gasteiger partial charge in [-0.25, -0.2) is 0 Å². The molecule has 4 nitrogen and oxygen atoms in total. The van der Waals surface area contributed by atoms with Crippen LogP contribution in [0.5, 0.6) is 0 Å². The van der Waals surface area contributed by atoms with E-state index in [0.717, 1.165) is 18.0 Å². The van der Waals surface area contributed by atoms with Gasteiger partial charge in [0.1, 0.15) is 0 Å². The zero-order chi connectivity index (χ0) is 16.8. The summed E-state index contributed by atoms with van der Waals surface area (Å²) in [6, 6.07) is 16.6. The number of Topliss-reactive ketones (excluding diaryl/α,β-unsaturated/α-hetero) is 1. The highest BCUT2D eigenvalue weighted by Crippen LogP contribution is 2.27. The quantitative estimate of drug-likeness (QED) is 0.735. The first kappa shape index (κ1) is 16.4. The molecule has 1 amide bonds. The van der Waals surface area contributed by atoms with Crippen LogP contribution >= 0.6 is 0 Å². The minimum atomic E-state index is -0.0972. The Morgan fingerprint density at radius 3 is 2.29 bits per heavy atom. The number of hydrogen-bond donors (Lipinski definition) is 2. The minimum Gasteiger partial charge on any atom is -0.348 e. The van der Waals surface area contributed by atoms with Crippen LogP contribution in [-0.4, -0.2) is 24.8 Å². The fourth-order valence-electron chi connectivity index (χ4n) is 2.50. The van der Waals surface area contributed by atoms with Gasteiger partial charge in [-0.05, 0) is 43.0 Å². The summed E-state index contributed by atoms with van der Waals surface area (Å²) in [5.74, 6) is 0.781. The highest BCUT2D eigenvalue weighted by atomic mass is 16.1. The molecule has 4 heteroatoms. The molecule has 1 aliphatic rings. The van der Waals surface area contributed by atoms with E-state index in [9.17, 15) is 9.59 Å². The summed E-state index contributed by atoms with van der Waals surface area (Å²) < 4.78 is 0. The third kappa shape index (κ3) is 4.77. The molecule has 1 aliphatic carbocycles. The number of hydrogen-bond acceptors (Lipinski definition) is 3. The molecule has 3 rings (SSSR count). The van der Waals surface area contributed by atoms with Gasteiger partial charge in [0.25, 0.3) is 5.91 Å². The van der Waals surface area contributed by atoms with Crippen LogP contribution in [0.2, 0.25) is 0 Å². The second kappa shape index (κ2) is 7.88. The van der Waals surface area contributed by atoms with Crippen molar-refractivity contribution in [3.8, 4) is 0 Å². The smallest absolute Gasteiger partial charge is 0.251 e. The van der Waals surface area contributed by atoms with Crippen LogP contribution in [0.3, 0.4) is 0 Å². The Hall–Kier alpha value is -2.46. The Kier molecular flexibility index (Phi) is 5.39. The topological polar surface area (TPSA) is 58.2 Å². The Bertz CT molecular complexity index is 691. The van der Waals surface area contributed by atoms with E-state index in [4.69, 9.17) is 0 Å². The fourth-order valence-corrected chi connectivity index (χ4v) is 2.50. The van der Waals surface area contributed by atoms with Crippen LogP contribution in [-0.2, 0) is 6.54 Å². The summed E-state index contributed by atoms with van der Waals surface area (Å²) in [7, 11) is 0. The third-order valence-electron chi connectivity index (χ3n) is 4.18. The third-order valence-corrected chi connectivity index (χ3v) is 4.18. The number of carbonyl (C=O) groups is 2. The van der Waals surface area contributed by atoms with Gasteiger partial charge in [-0.1, -0.05) is 42.5 Å². The molecule has 2 aromatic carbocycles. The van der Waals surface area contributed by atoms with Gasteiger partial charge in [0.15, 0.2) is 5.78 Å². The van der Waals surface area contributed by atoms with Gasteiger partial charge in [-0.15, -0.1) is 0 Å². The van der Waals surface area contributed by atoms with Crippen LogP contribution < -0.4 is 10.6 Å². The van der Waals surface area contributed by atoms with Crippen molar-refractivity contribution in [1.82, 2.24) is 10.6 Å². The van der Waals surface area contributed by atoms with Crippen molar-refractivity contribution in [2.45, 2.75) is 19.4 Å². The predicted octanol–water partition coefficient (Wildman–Crippen LogP) is 2.80. The van der Waals surface area contributed by atoms with Crippen molar-refractivity contribution in [3.05, 3.63) is 71.3 Å². The van der Waals surface area contributed by atoms with Crippen LogP contribution in [0.15, 0.2) is 54.6 Å². The number of amides is 1. The fraction of sp³-hybridized carbons (Fsp3) is 0.300. The van der Waals surface area contributed by atoms with Crippen molar-refractivity contribution < 1.29 is 9.59 Å². The Balaban J connectivity index is 1.47. The molecule has 0 atom stereocenters. The maximum atomic E-state index is 12.1. The van der Waals surface area contributed by atoms with Gasteiger partial charge in [0.2, 0.25) is 0 Å². The zero-order valence-corrected chi connectivity index (χ0v) is 13.6. The largest absolute Gasteiger partial charge is 0.348 e. The molecule has 2 N–H and O–H groups in total. The Morgan fingerprint density at radius 1 is 0.917 bits per heavy atom. The molecule has 0 bridgehead atoms. The van der Waals surface area contributed by atoms with E-state index in [1.54, 1.807) is 12.1 Å². The monoisotopic (exact) mass is 322 g/mol. The lowest BCUT2D eigenvalue weighted by Crippen LogP contribution is -2.25. The van der Waals surface area contributed by atoms with Crippen molar-refractivity contribution >= 4 is 11.7 Å². The van der Waals surface area contributed by atoms with Crippen molar-refractivity contribution in [3.63, 3.8) is 0 Å². The van der Waals surface area contributed by atoms with Crippen LogP contribution in [0, 0.1) is 5.92 Å². The number of carbonyl (C=O) groups excluding carboxylic acids is 2. The summed E-state index contributed by atoms with van der Waals surface area (Å²) in [4.78, 5) is 24.1. The van der Waals surface area contributed by atoms with Gasteiger partial charge >= 0.3 is 0 Å². The molecule has 0 spiro atoms. The van der Waals surface area contributed by atoms with Crippen LogP contribution in [0.1, 0.15) is 39.1 Å². The maximum Gasteiger partial charge on any atom is 0.251 e. The molecule has 1 fully saturated rings. The second-order valence-corrected chi connectivity index (χ2v) is 6.24. The van der Waals surface area contributed by atoms with E-state index in [0.29, 0.717) is 24.2 Å². The van der Waals surface area contributed by atoms with Crippen LogP contribution in [0.4, 0.5) is 0 Å². The van der Waals surface area contributed by atoms with E-state index >= 15 is 0 Å². The summed E-state index contributed by atoms with van der Waals surface area (Å²) >= 11 is 0. The molecule has 0 unspecified atom stereocenters. The second-order valence-electron chi connectivity index (χ2n) is 6.24.